The smallest absolute Gasteiger partial charge is 0.406 e. The van der Waals surface area contributed by atoms with Crippen molar-refractivity contribution in [1.82, 2.24) is 4.90 Å². The number of carbonyl (C=O) groups is 1. The second-order valence-electron chi connectivity index (χ2n) is 3.53. The number of halogens is 3. The summed E-state index contributed by atoms with van der Waals surface area (Å²) in [5.74, 6) is -0.942. The normalized spacial score (nSPS) is 11.2. The largest absolute Gasteiger partial charge is 0.573 e. The first-order chi connectivity index (χ1) is 8.33. The van der Waals surface area contributed by atoms with E-state index in [0.29, 0.717) is 0 Å². The lowest BCUT2D eigenvalue weighted by Crippen LogP contribution is -2.29. The van der Waals surface area contributed by atoms with Crippen LogP contribution >= 0.6 is 0 Å². The molecule has 1 aromatic carbocycles. The molecule has 100 valence electrons. The first-order valence-corrected chi connectivity index (χ1v) is 5.05. The van der Waals surface area contributed by atoms with Gasteiger partial charge in [0.1, 0.15) is 5.75 Å². The van der Waals surface area contributed by atoms with Crippen molar-refractivity contribution < 1.29 is 27.8 Å². The van der Waals surface area contributed by atoms with Crippen LogP contribution in [0.15, 0.2) is 24.3 Å². The number of hydrogen-bond acceptors (Lipinski definition) is 3. The average Bonchev–Trinajstić information content (AvgIpc) is 2.26. The van der Waals surface area contributed by atoms with E-state index < -0.39 is 18.0 Å². The molecule has 0 bridgehead atoms. The van der Waals surface area contributed by atoms with Gasteiger partial charge < -0.3 is 14.7 Å². The molecule has 0 saturated heterocycles. The van der Waals surface area contributed by atoms with Crippen LogP contribution in [0.3, 0.4) is 0 Å². The predicted octanol–water partition coefficient (Wildman–Crippen LogP) is 1.65. The van der Waals surface area contributed by atoms with E-state index in [1.54, 1.807) is 0 Å². The lowest BCUT2D eigenvalue weighted by atomic mass is 10.2. The fraction of sp³-hybridized carbons (Fsp3) is 0.364. The molecule has 1 amide bonds. The maximum absolute atomic E-state index is 12.0. The Morgan fingerprint density at radius 2 is 2.11 bits per heavy atom. The van der Waals surface area contributed by atoms with Crippen molar-refractivity contribution in [2.45, 2.75) is 6.36 Å². The lowest BCUT2D eigenvalue weighted by Gasteiger charge is -2.16. The first kappa shape index (κ1) is 14.3. The highest BCUT2D eigenvalue weighted by molar-refractivity contribution is 5.94. The lowest BCUT2D eigenvalue weighted by molar-refractivity contribution is -0.274. The molecule has 18 heavy (non-hydrogen) atoms. The second-order valence-corrected chi connectivity index (χ2v) is 3.53. The number of nitrogens with zero attached hydrogens (tertiary/aromatic N) is 1. The third kappa shape index (κ3) is 4.25. The first-order valence-electron chi connectivity index (χ1n) is 5.05. The molecule has 0 spiro atoms. The van der Waals surface area contributed by atoms with Gasteiger partial charge in [-0.3, -0.25) is 4.79 Å². The quantitative estimate of drug-likeness (QED) is 0.898. The molecule has 0 aliphatic heterocycles. The van der Waals surface area contributed by atoms with Crippen LogP contribution in [0.1, 0.15) is 10.4 Å². The van der Waals surface area contributed by atoms with Crippen molar-refractivity contribution in [3.05, 3.63) is 29.8 Å². The molecule has 0 fully saturated rings. The van der Waals surface area contributed by atoms with Crippen molar-refractivity contribution in [2.24, 2.45) is 0 Å². The van der Waals surface area contributed by atoms with Gasteiger partial charge in [-0.1, -0.05) is 6.07 Å². The molecule has 0 saturated carbocycles. The van der Waals surface area contributed by atoms with Gasteiger partial charge in [0.15, 0.2) is 0 Å². The average molecular weight is 263 g/mol. The number of hydrogen-bond donors (Lipinski definition) is 1. The molecule has 4 nitrogen and oxygen atoms in total. The zero-order chi connectivity index (χ0) is 13.8. The van der Waals surface area contributed by atoms with E-state index in [1.807, 2.05) is 0 Å². The van der Waals surface area contributed by atoms with Gasteiger partial charge >= 0.3 is 6.36 Å². The summed E-state index contributed by atoms with van der Waals surface area (Å²) in [6, 6.07) is 4.78. The van der Waals surface area contributed by atoms with Gasteiger partial charge in [0, 0.05) is 19.2 Å². The Morgan fingerprint density at radius 3 is 2.67 bits per heavy atom. The Labute approximate surface area is 102 Å². The summed E-state index contributed by atoms with van der Waals surface area (Å²) in [6.07, 6.45) is -4.79. The summed E-state index contributed by atoms with van der Waals surface area (Å²) < 4.78 is 39.7. The van der Waals surface area contributed by atoms with Gasteiger partial charge in [-0.15, -0.1) is 13.2 Å². The van der Waals surface area contributed by atoms with Crippen molar-refractivity contribution in [2.75, 3.05) is 20.2 Å². The number of rotatable bonds is 4. The maximum Gasteiger partial charge on any atom is 0.573 e. The molecule has 0 aromatic heterocycles. The van der Waals surface area contributed by atoms with Crippen LogP contribution in [0.5, 0.6) is 5.75 Å². The molecule has 1 aromatic rings. The Hall–Kier alpha value is -1.76. The molecule has 0 aliphatic carbocycles. The van der Waals surface area contributed by atoms with Crippen LogP contribution in [0.2, 0.25) is 0 Å². The number of likely N-dealkylation sites (N-methyl/N-ethyl adjacent to an activating group) is 1. The van der Waals surface area contributed by atoms with E-state index in [2.05, 4.69) is 4.74 Å². The molecule has 0 unspecified atom stereocenters. The summed E-state index contributed by atoms with van der Waals surface area (Å²) in [7, 11) is 1.44. The van der Waals surface area contributed by atoms with Crippen LogP contribution < -0.4 is 4.74 Å². The zero-order valence-corrected chi connectivity index (χ0v) is 9.57. The predicted molar refractivity (Wildman–Crippen MR) is 57.2 cm³/mol. The van der Waals surface area contributed by atoms with Gasteiger partial charge in [-0.2, -0.15) is 0 Å². The van der Waals surface area contributed by atoms with Crippen LogP contribution in [0, 0.1) is 0 Å². The fourth-order valence-electron chi connectivity index (χ4n) is 1.30. The molecule has 0 atom stereocenters. The van der Waals surface area contributed by atoms with E-state index in [1.165, 1.54) is 24.1 Å². The Balaban J connectivity index is 2.85. The number of carbonyl (C=O) groups excluding carboxylic acids is 1. The Morgan fingerprint density at radius 1 is 1.44 bits per heavy atom. The minimum absolute atomic E-state index is 0.0627. The van der Waals surface area contributed by atoms with Crippen LogP contribution in [-0.4, -0.2) is 42.5 Å². The van der Waals surface area contributed by atoms with Crippen molar-refractivity contribution >= 4 is 5.91 Å². The highest BCUT2D eigenvalue weighted by Crippen LogP contribution is 2.23. The molecule has 0 aliphatic rings. The third-order valence-corrected chi connectivity index (χ3v) is 2.10. The monoisotopic (exact) mass is 263 g/mol. The number of benzene rings is 1. The van der Waals surface area contributed by atoms with Crippen LogP contribution in [0.4, 0.5) is 13.2 Å². The van der Waals surface area contributed by atoms with Gasteiger partial charge in [-0.25, -0.2) is 0 Å². The summed E-state index contributed by atoms with van der Waals surface area (Å²) in [4.78, 5) is 12.9. The Kier molecular flexibility index (Phi) is 4.55. The standard InChI is InChI=1S/C11H12F3NO3/c1-15(5-6-16)10(17)8-3-2-4-9(7-8)18-11(12,13)14/h2-4,7,16H,5-6H2,1H3. The molecule has 0 radical (unpaired) electrons. The maximum atomic E-state index is 12.0. The summed E-state index contributed by atoms with van der Waals surface area (Å²) in [5.41, 5.74) is 0.0627. The second kappa shape index (κ2) is 5.72. The Bertz CT molecular complexity index is 420. The molecule has 7 heteroatoms. The van der Waals surface area contributed by atoms with Crippen molar-refractivity contribution in [1.29, 1.82) is 0 Å². The van der Waals surface area contributed by atoms with Crippen molar-refractivity contribution in [3.8, 4) is 5.75 Å². The van der Waals surface area contributed by atoms with Gasteiger partial charge in [0.25, 0.3) is 5.91 Å². The van der Waals surface area contributed by atoms with E-state index >= 15 is 0 Å². The van der Waals surface area contributed by atoms with Crippen LogP contribution in [0.25, 0.3) is 0 Å². The van der Waals surface area contributed by atoms with Crippen LogP contribution in [-0.2, 0) is 0 Å². The number of aliphatic hydroxyl groups is 1. The minimum atomic E-state index is -4.79. The topological polar surface area (TPSA) is 49.8 Å². The molecule has 1 N–H and O–H groups in total. The highest BCUT2D eigenvalue weighted by atomic mass is 19.4. The number of ether oxygens (including phenoxy) is 1. The highest BCUT2D eigenvalue weighted by Gasteiger charge is 2.31. The van der Waals surface area contributed by atoms with E-state index in [4.69, 9.17) is 5.11 Å². The van der Waals surface area contributed by atoms with E-state index in [-0.39, 0.29) is 18.7 Å². The number of amides is 1. The van der Waals surface area contributed by atoms with Crippen molar-refractivity contribution in [3.63, 3.8) is 0 Å². The summed E-state index contributed by atoms with van der Waals surface area (Å²) >= 11 is 0. The summed E-state index contributed by atoms with van der Waals surface area (Å²) in [6.45, 7) is -0.121. The number of alkyl halides is 3. The minimum Gasteiger partial charge on any atom is -0.406 e. The molecular formula is C11H12F3NO3. The molecule has 0 heterocycles. The van der Waals surface area contributed by atoms with Gasteiger partial charge in [0.05, 0.1) is 6.61 Å². The van der Waals surface area contributed by atoms with E-state index in [9.17, 15) is 18.0 Å². The van der Waals surface area contributed by atoms with E-state index in [0.717, 1.165) is 12.1 Å². The summed E-state index contributed by atoms with van der Waals surface area (Å²) in [5, 5.41) is 8.67. The molecular weight excluding hydrogens is 251 g/mol. The van der Waals surface area contributed by atoms with Gasteiger partial charge in [0.2, 0.25) is 0 Å². The fourth-order valence-corrected chi connectivity index (χ4v) is 1.30. The molecule has 1 rings (SSSR count). The number of aliphatic hydroxyl groups excluding tert-OH is 1. The van der Waals surface area contributed by atoms with Gasteiger partial charge in [-0.05, 0) is 18.2 Å². The third-order valence-electron chi connectivity index (χ3n) is 2.10. The SMILES string of the molecule is CN(CCO)C(=O)c1cccc(OC(F)(F)F)c1. The zero-order valence-electron chi connectivity index (χ0n) is 9.57.